The first-order valence-corrected chi connectivity index (χ1v) is 21.8. The van der Waals surface area contributed by atoms with Crippen molar-refractivity contribution in [1.29, 1.82) is 0 Å². The van der Waals surface area contributed by atoms with Crippen LogP contribution < -0.4 is 14.6 Å². The van der Waals surface area contributed by atoms with Gasteiger partial charge >= 0.3 is 37.7 Å². The summed E-state index contributed by atoms with van der Waals surface area (Å²) < 4.78 is 78.1. The van der Waals surface area contributed by atoms with Gasteiger partial charge in [0.2, 0.25) is 0 Å². The van der Waals surface area contributed by atoms with Gasteiger partial charge in [-0.15, -0.1) is 5.75 Å². The number of phenols is 1. The zero-order valence-corrected chi connectivity index (χ0v) is 35.9. The Morgan fingerprint density at radius 2 is 0.927 bits per heavy atom. The van der Waals surface area contributed by atoms with Crippen LogP contribution in [-0.4, -0.2) is 68.8 Å². The third-order valence-electron chi connectivity index (χ3n) is 8.94. The predicted octanol–water partition coefficient (Wildman–Crippen LogP) is 10.1. The smallest absolute Gasteiger partial charge is 0.872 e. The summed E-state index contributed by atoms with van der Waals surface area (Å²) in [5.74, 6) is 0.677. The monoisotopic (exact) mass is 822 g/mol. The molecule has 0 aliphatic heterocycles. The van der Waals surface area contributed by atoms with Gasteiger partial charge in [-0.3, -0.25) is 4.55 Å². The second kappa shape index (κ2) is 25.4. The molecule has 4 aromatic rings. The van der Waals surface area contributed by atoms with Gasteiger partial charge in [0.05, 0.1) is 4.90 Å². The van der Waals surface area contributed by atoms with Gasteiger partial charge in [-0.2, -0.15) is 8.42 Å². The molecular weight excluding hydrogens is 769 g/mol. The number of para-hydroxylation sites is 2. The Labute approximate surface area is 357 Å². The molecule has 0 saturated heterocycles. The Morgan fingerprint density at radius 1 is 0.527 bits per heavy atom. The minimum atomic E-state index is -4.66. The summed E-state index contributed by atoms with van der Waals surface area (Å²) in [5.41, 5.74) is 1.17. The molecule has 2 N–H and O–H groups in total. The molecule has 13 heteroatoms. The van der Waals surface area contributed by atoms with Gasteiger partial charge in [0.25, 0.3) is 10.1 Å². The van der Waals surface area contributed by atoms with E-state index in [4.69, 9.17) is 9.47 Å². The van der Waals surface area contributed by atoms with E-state index in [-0.39, 0.29) is 65.6 Å². The second-order valence-corrected chi connectivity index (χ2v) is 16.0. The van der Waals surface area contributed by atoms with Crippen LogP contribution in [0, 0.1) is 0 Å². The van der Waals surface area contributed by atoms with E-state index in [9.17, 15) is 36.2 Å². The first kappa shape index (κ1) is 48.3. The van der Waals surface area contributed by atoms with E-state index in [0.29, 0.717) is 35.5 Å². The van der Waals surface area contributed by atoms with Gasteiger partial charge in [-0.05, 0) is 73.7 Å². The third-order valence-corrected chi connectivity index (χ3v) is 10.7. The number of aromatic hydroxyl groups is 1. The minimum absolute atomic E-state index is 0. The normalized spacial score (nSPS) is 11.3. The molecule has 55 heavy (non-hydrogen) atoms. The largest absolute Gasteiger partial charge is 2.00 e. The van der Waals surface area contributed by atoms with Crippen LogP contribution in [0.1, 0.15) is 115 Å². The molecule has 296 valence electrons. The van der Waals surface area contributed by atoms with Gasteiger partial charge in [0, 0.05) is 5.56 Å². The van der Waals surface area contributed by atoms with E-state index >= 15 is 0 Å². The van der Waals surface area contributed by atoms with Gasteiger partial charge in [-0.25, -0.2) is 8.42 Å². The summed E-state index contributed by atoms with van der Waals surface area (Å²) in [6, 6.07) is 21.2. The molecule has 0 heterocycles. The van der Waals surface area contributed by atoms with E-state index < -0.39 is 25.1 Å². The SMILES string of the molecule is CCCCCCCCCc1c(O)cccc1Oc1ccccc1S(=O)(=O)O.CCCCCCCCCc1c([O-])cccc1Oc1ccccc1S(=O)(=O)[O-].[Ca+2]. The maximum Gasteiger partial charge on any atom is 2.00 e. The van der Waals surface area contributed by atoms with Crippen molar-refractivity contribution in [1.82, 2.24) is 0 Å². The quantitative estimate of drug-likeness (QED) is 0.0441. The van der Waals surface area contributed by atoms with E-state index in [0.717, 1.165) is 38.5 Å². The van der Waals surface area contributed by atoms with Crippen LogP contribution in [0.4, 0.5) is 0 Å². The Bertz CT molecular complexity index is 1810. The van der Waals surface area contributed by atoms with Crippen molar-refractivity contribution in [2.45, 2.75) is 126 Å². The molecular formula is C42H54CaO10S2. The molecule has 0 radical (unpaired) electrons. The summed E-state index contributed by atoms with van der Waals surface area (Å²) in [7, 11) is -9.06. The molecule has 0 aromatic heterocycles. The standard InChI is InChI=1S/2C21H28O5S.Ca/c2*1-2-3-4-5-6-7-8-12-17-18(22)13-11-15-19(17)26-20-14-9-10-16-21(20)27(23,24)25;/h2*9-11,13-16,22H,2-8,12H2,1H3,(H,23,24,25);/q;;+2/p-2. The molecule has 0 unspecified atom stereocenters. The van der Waals surface area contributed by atoms with Gasteiger partial charge in [-0.1, -0.05) is 133 Å². The Balaban J connectivity index is 0.000000373. The fourth-order valence-electron chi connectivity index (χ4n) is 6.03. The van der Waals surface area contributed by atoms with Crippen LogP contribution in [0.15, 0.2) is 94.7 Å². The maximum absolute atomic E-state index is 12.3. The van der Waals surface area contributed by atoms with Crippen LogP contribution >= 0.6 is 0 Å². The van der Waals surface area contributed by atoms with Crippen molar-refractivity contribution in [3.63, 3.8) is 0 Å². The molecule has 4 aromatic carbocycles. The van der Waals surface area contributed by atoms with Crippen molar-refractivity contribution >= 4 is 58.0 Å². The van der Waals surface area contributed by atoms with Crippen molar-refractivity contribution in [2.75, 3.05) is 0 Å². The first-order valence-electron chi connectivity index (χ1n) is 18.9. The molecule has 0 aliphatic carbocycles. The fraction of sp³-hybridized carbons (Fsp3) is 0.429. The number of unbranched alkanes of at least 4 members (excludes halogenated alkanes) is 12. The Kier molecular flexibility index (Phi) is 22.3. The molecule has 0 bridgehead atoms. The summed E-state index contributed by atoms with van der Waals surface area (Å²) >= 11 is 0. The Morgan fingerprint density at radius 3 is 1.44 bits per heavy atom. The topological polar surface area (TPSA) is 173 Å². The molecule has 0 amide bonds. The van der Waals surface area contributed by atoms with Crippen molar-refractivity contribution < 1.29 is 45.6 Å². The molecule has 0 saturated carbocycles. The molecule has 0 fully saturated rings. The summed E-state index contributed by atoms with van der Waals surface area (Å²) in [5, 5.41) is 22.5. The molecule has 4 rings (SSSR count). The minimum Gasteiger partial charge on any atom is -0.872 e. The average molecular weight is 823 g/mol. The fourth-order valence-corrected chi connectivity index (χ4v) is 7.25. The average Bonchev–Trinajstić information content (AvgIpc) is 3.12. The number of ether oxygens (including phenoxy) is 2. The van der Waals surface area contributed by atoms with Crippen molar-refractivity contribution in [3.05, 3.63) is 96.1 Å². The van der Waals surface area contributed by atoms with Gasteiger partial charge in [0.1, 0.15) is 43.8 Å². The maximum atomic E-state index is 12.3. The van der Waals surface area contributed by atoms with Crippen LogP contribution in [-0.2, 0) is 33.1 Å². The van der Waals surface area contributed by atoms with Gasteiger partial charge in [0.15, 0.2) is 0 Å². The van der Waals surface area contributed by atoms with E-state index in [1.54, 1.807) is 42.5 Å². The van der Waals surface area contributed by atoms with Crippen LogP contribution in [0.25, 0.3) is 0 Å². The van der Waals surface area contributed by atoms with Crippen LogP contribution in [0.2, 0.25) is 0 Å². The molecule has 0 aliphatic rings. The Hall–Kier alpha value is -2.84. The van der Waals surface area contributed by atoms with Gasteiger partial charge < -0.3 is 24.2 Å². The van der Waals surface area contributed by atoms with Crippen LogP contribution in [0.3, 0.4) is 0 Å². The van der Waals surface area contributed by atoms with E-state index in [1.165, 1.54) is 93.8 Å². The zero-order valence-electron chi connectivity index (χ0n) is 32.1. The van der Waals surface area contributed by atoms with Crippen molar-refractivity contribution in [3.8, 4) is 34.5 Å². The number of rotatable bonds is 22. The number of benzene rings is 4. The molecule has 0 atom stereocenters. The molecule has 0 spiro atoms. The van der Waals surface area contributed by atoms with E-state index in [1.807, 2.05) is 0 Å². The predicted molar refractivity (Wildman–Crippen MR) is 214 cm³/mol. The third kappa shape index (κ3) is 17.0. The first-order chi connectivity index (χ1) is 25.9. The summed E-state index contributed by atoms with van der Waals surface area (Å²) in [4.78, 5) is -0.724. The van der Waals surface area contributed by atoms with Crippen LogP contribution in [0.5, 0.6) is 34.5 Å². The van der Waals surface area contributed by atoms with E-state index in [2.05, 4.69) is 13.8 Å². The second-order valence-electron chi connectivity index (χ2n) is 13.3. The number of hydrogen-bond donors (Lipinski definition) is 2. The number of hydrogen-bond acceptors (Lipinski definition) is 9. The zero-order chi connectivity index (χ0) is 39.4. The molecule has 10 nitrogen and oxygen atoms in total. The van der Waals surface area contributed by atoms with Crippen molar-refractivity contribution in [2.24, 2.45) is 0 Å². The number of phenolic OH excluding ortho intramolecular Hbond substituents is 1. The summed E-state index contributed by atoms with van der Waals surface area (Å²) in [6.45, 7) is 4.38. The summed E-state index contributed by atoms with van der Waals surface area (Å²) in [6.07, 6.45) is 17.3.